The Bertz CT molecular complexity index is 4490. The Kier molecular flexibility index (Phi) is 18.2. The van der Waals surface area contributed by atoms with Crippen LogP contribution in [-0.4, -0.2) is 55.5 Å². The largest absolute Gasteiger partial charge is 0.416 e. The van der Waals surface area contributed by atoms with Crippen molar-refractivity contribution >= 4 is 54.6 Å². The van der Waals surface area contributed by atoms with Crippen LogP contribution in [0.2, 0.25) is 0 Å². The number of H-pyrrole nitrogens is 3. The molecule has 0 aliphatic heterocycles. The number of sulfonamides is 1. The number of alkyl halides is 3. The maximum Gasteiger partial charge on any atom is 0.416 e. The van der Waals surface area contributed by atoms with E-state index < -0.39 is 27.9 Å². The lowest BCUT2D eigenvalue weighted by Crippen LogP contribution is -2.10. The van der Waals surface area contributed by atoms with Crippen LogP contribution in [0.3, 0.4) is 0 Å². The number of carbonyl (C=O) groups is 1. The number of carbonyl (C=O) groups excluding carboxylic acids is 1. The Morgan fingerprint density at radius 2 is 0.930 bits per heavy atom. The van der Waals surface area contributed by atoms with E-state index in [0.29, 0.717) is 29.9 Å². The molecule has 86 heavy (non-hydrogen) atoms. The smallest absolute Gasteiger partial charge is 0.389 e. The molecular formula is C71H66F3N7O4S. The van der Waals surface area contributed by atoms with Crippen LogP contribution in [-0.2, 0) is 54.7 Å². The summed E-state index contributed by atoms with van der Waals surface area (Å²) in [6.07, 6.45) is 0.793. The van der Waals surface area contributed by atoms with Crippen molar-refractivity contribution in [3.8, 4) is 33.4 Å². The third kappa shape index (κ3) is 15.3. The van der Waals surface area contributed by atoms with Crippen molar-refractivity contribution < 1.29 is 31.5 Å². The molecule has 3 heterocycles. The third-order valence-electron chi connectivity index (χ3n) is 14.8. The molecule has 11 nitrogen and oxygen atoms in total. The molecule has 9 aromatic carbocycles. The van der Waals surface area contributed by atoms with E-state index in [1.54, 1.807) is 32.0 Å². The molecule has 0 bridgehead atoms. The zero-order valence-electron chi connectivity index (χ0n) is 48.4. The summed E-state index contributed by atoms with van der Waals surface area (Å²) in [4.78, 5) is 36.0. The van der Waals surface area contributed by atoms with Gasteiger partial charge in [-0.15, -0.1) is 0 Å². The normalized spacial score (nSPS) is 11.9. The number of imidazole rings is 3. The Morgan fingerprint density at radius 1 is 0.512 bits per heavy atom. The highest BCUT2D eigenvalue weighted by molar-refractivity contribution is 7.92. The van der Waals surface area contributed by atoms with Gasteiger partial charge in [0.05, 0.1) is 56.7 Å². The molecule has 15 heteroatoms. The average molecular weight is 1170 g/mol. The number of para-hydroxylation sites is 1. The molecule has 0 aliphatic carbocycles. The number of aliphatic hydroxyl groups excluding tert-OH is 1. The summed E-state index contributed by atoms with van der Waals surface area (Å²) in [6.45, 7) is 7.65. The number of ketones is 1. The van der Waals surface area contributed by atoms with Gasteiger partial charge in [-0.2, -0.15) is 13.2 Å². The predicted octanol–water partition coefficient (Wildman–Crippen LogP) is 16.3. The van der Waals surface area contributed by atoms with Crippen LogP contribution >= 0.6 is 0 Å². The number of hydrogen-bond acceptors (Lipinski definition) is 7. The number of aliphatic hydroxyl groups is 1. The van der Waals surface area contributed by atoms with Crippen molar-refractivity contribution in [3.63, 3.8) is 0 Å². The van der Waals surface area contributed by atoms with E-state index in [1.807, 2.05) is 84.9 Å². The molecule has 0 radical (unpaired) electrons. The number of nitrogens with zero attached hydrogens (tertiary/aromatic N) is 3. The van der Waals surface area contributed by atoms with Gasteiger partial charge in [-0.1, -0.05) is 163 Å². The summed E-state index contributed by atoms with van der Waals surface area (Å²) in [5.74, 6) is 2.74. The molecule has 0 amide bonds. The Balaban J connectivity index is 0.000000144. The Morgan fingerprint density at radius 3 is 1.40 bits per heavy atom. The maximum atomic E-state index is 12.9. The fourth-order valence-electron chi connectivity index (χ4n) is 10.7. The molecule has 12 rings (SSSR count). The van der Waals surface area contributed by atoms with E-state index in [9.17, 15) is 31.5 Å². The minimum Gasteiger partial charge on any atom is -0.389 e. The van der Waals surface area contributed by atoms with Gasteiger partial charge in [-0.3, -0.25) is 9.52 Å². The van der Waals surface area contributed by atoms with Crippen molar-refractivity contribution in [2.24, 2.45) is 0 Å². The van der Waals surface area contributed by atoms with Crippen molar-refractivity contribution in [2.75, 3.05) is 11.0 Å². The number of Topliss-reactive ketones (excluding diaryl/α,β-unsaturated/α-hetero) is 1. The summed E-state index contributed by atoms with van der Waals surface area (Å²) < 4.78 is 64.6. The molecule has 0 fully saturated rings. The van der Waals surface area contributed by atoms with Crippen molar-refractivity contribution in [2.45, 2.75) is 78.5 Å². The van der Waals surface area contributed by atoms with E-state index in [2.05, 4.69) is 117 Å². The molecule has 1 atom stereocenters. The summed E-state index contributed by atoms with van der Waals surface area (Å²) in [5, 5.41) is 10.1. The highest BCUT2D eigenvalue weighted by atomic mass is 32.2. The predicted molar refractivity (Wildman–Crippen MR) is 340 cm³/mol. The van der Waals surface area contributed by atoms with E-state index in [-0.39, 0.29) is 5.78 Å². The first-order valence-electron chi connectivity index (χ1n) is 28.5. The number of nitrogens with one attached hydrogen (secondary N) is 4. The number of rotatable bonds is 16. The molecular weight excluding hydrogens is 1100 g/mol. The molecule has 0 spiro atoms. The van der Waals surface area contributed by atoms with E-state index in [1.165, 1.54) is 28.3 Å². The second-order valence-corrected chi connectivity index (χ2v) is 23.5. The molecule has 5 N–H and O–H groups in total. The van der Waals surface area contributed by atoms with Crippen LogP contribution in [0.4, 0.5) is 18.9 Å². The second kappa shape index (κ2) is 26.2. The van der Waals surface area contributed by atoms with Gasteiger partial charge in [0.15, 0.2) is 5.78 Å². The quantitative estimate of drug-likeness (QED) is 0.0600. The molecule has 436 valence electrons. The van der Waals surface area contributed by atoms with Crippen LogP contribution in [0, 0.1) is 13.8 Å². The van der Waals surface area contributed by atoms with E-state index in [0.717, 1.165) is 133 Å². The number of aromatic amines is 3. The first kappa shape index (κ1) is 59.7. The van der Waals surface area contributed by atoms with Gasteiger partial charge in [0.25, 0.3) is 0 Å². The van der Waals surface area contributed by atoms with Gasteiger partial charge in [-0.25, -0.2) is 23.4 Å². The van der Waals surface area contributed by atoms with E-state index in [4.69, 9.17) is 9.97 Å². The summed E-state index contributed by atoms with van der Waals surface area (Å²) in [5.41, 5.74) is 18.4. The molecule has 3 aromatic heterocycles. The van der Waals surface area contributed by atoms with E-state index >= 15 is 0 Å². The zero-order valence-corrected chi connectivity index (χ0v) is 49.2. The van der Waals surface area contributed by atoms with Crippen LogP contribution < -0.4 is 4.72 Å². The van der Waals surface area contributed by atoms with Crippen LogP contribution in [0.15, 0.2) is 200 Å². The first-order valence-corrected chi connectivity index (χ1v) is 30.4. The third-order valence-corrected chi connectivity index (χ3v) is 15.4. The monoisotopic (exact) mass is 1170 g/mol. The highest BCUT2D eigenvalue weighted by Gasteiger charge is 2.30. The first-order chi connectivity index (χ1) is 41.3. The number of halogens is 3. The summed E-state index contributed by atoms with van der Waals surface area (Å²) >= 11 is 0. The van der Waals surface area contributed by atoms with Crippen LogP contribution in [0.1, 0.15) is 86.7 Å². The fraction of sp³-hybridized carbons (Fsp3) is 0.183. The van der Waals surface area contributed by atoms with Crippen molar-refractivity contribution in [1.82, 2.24) is 29.9 Å². The maximum absolute atomic E-state index is 12.9. The topological polar surface area (TPSA) is 170 Å². The van der Waals surface area contributed by atoms with Crippen LogP contribution in [0.25, 0.3) is 66.5 Å². The fourth-order valence-corrected chi connectivity index (χ4v) is 11.2. The number of hydrogen-bond donors (Lipinski definition) is 5. The lowest BCUT2D eigenvalue weighted by molar-refractivity contribution is -0.137. The van der Waals surface area contributed by atoms with Gasteiger partial charge in [0.1, 0.15) is 17.5 Å². The molecule has 0 saturated heterocycles. The van der Waals surface area contributed by atoms with Gasteiger partial charge < -0.3 is 20.1 Å². The minimum atomic E-state index is -4.37. The minimum absolute atomic E-state index is 0.0779. The summed E-state index contributed by atoms with van der Waals surface area (Å²) in [6, 6.07) is 63.3. The van der Waals surface area contributed by atoms with Gasteiger partial charge in [0, 0.05) is 30.4 Å². The lowest BCUT2D eigenvalue weighted by Gasteiger charge is -2.11. The number of aryl methyl sites for hydroxylation is 8. The van der Waals surface area contributed by atoms with Gasteiger partial charge in [-0.05, 0) is 146 Å². The van der Waals surface area contributed by atoms with Crippen molar-refractivity contribution in [3.05, 3.63) is 262 Å². The highest BCUT2D eigenvalue weighted by Crippen LogP contribution is 2.34. The van der Waals surface area contributed by atoms with Crippen LogP contribution in [0.5, 0.6) is 0 Å². The molecule has 0 saturated carbocycles. The second-order valence-electron chi connectivity index (χ2n) is 21.7. The number of aromatic nitrogens is 6. The lowest BCUT2D eigenvalue weighted by atomic mass is 9.96. The zero-order chi connectivity index (χ0) is 60.5. The summed E-state index contributed by atoms with van der Waals surface area (Å²) in [7, 11) is -3.43. The SMILES string of the molecule is CC(=O)c1ccccc1-c1ccc2nc(CCc3cccc(C)c3)[nH]c2c1.CS(=O)(=O)Nc1ccccc1-c1ccc2nc(CCc3cccc(C(F)(F)F)c3)[nH]c2c1.Cc1cccc(CCc2nc3ccc(-c4ccccc4C(C)O)cc3[nH]2)c1. The average Bonchev–Trinajstić information content (AvgIpc) is 2.23. The number of anilines is 1. The Labute approximate surface area is 498 Å². The van der Waals surface area contributed by atoms with Gasteiger partial charge in [0.2, 0.25) is 10.0 Å². The molecule has 12 aromatic rings. The number of benzene rings is 9. The number of fused-ring (bicyclic) bond motifs is 3. The van der Waals surface area contributed by atoms with Crippen molar-refractivity contribution in [1.29, 1.82) is 0 Å². The molecule has 1 unspecified atom stereocenters. The Hall–Kier alpha value is -9.44. The standard InChI is InChI=1S/C24H24N2O.C24H22N2O.C23H20F3N3O2S/c2*1-16-6-5-7-18(14-16)10-13-24-25-22-12-11-19(15-23(22)26-24)21-9-4-3-8-20(21)17(2)27;1-32(30,31)29-19-8-3-2-7-18(19)16-10-11-20-21(14-16)28-22(27-20)12-9-15-5-4-6-17(13-15)23(24,25)26/h3-9,11-12,14-15,17,27H,10,13H2,1-2H3,(H,25,26);3-9,11-12,14-15H,10,13H2,1-2H3,(H,25,26);2-8,10-11,13-14,29H,9,12H2,1H3,(H,27,28). The molecule has 0 aliphatic rings. The van der Waals surface area contributed by atoms with Gasteiger partial charge >= 0.3 is 6.18 Å².